The van der Waals surface area contributed by atoms with Crippen LogP contribution in [0, 0.1) is 17.8 Å². The lowest BCUT2D eigenvalue weighted by atomic mass is 9.77. The lowest BCUT2D eigenvalue weighted by molar-refractivity contribution is 0.341. The van der Waals surface area contributed by atoms with Crippen molar-refractivity contribution in [1.82, 2.24) is 4.98 Å². The Labute approximate surface area is 195 Å². The summed E-state index contributed by atoms with van der Waals surface area (Å²) in [6.07, 6.45) is 14.2. The number of ether oxygens (including phenoxy) is 1. The molecule has 0 amide bonds. The van der Waals surface area contributed by atoms with E-state index < -0.39 is 0 Å². The van der Waals surface area contributed by atoms with E-state index in [2.05, 4.69) is 24.9 Å². The van der Waals surface area contributed by atoms with E-state index in [-0.39, 0.29) is 0 Å². The fraction of sp³-hybridized carbons (Fsp3) is 0.519. The zero-order chi connectivity index (χ0) is 22.2. The van der Waals surface area contributed by atoms with Gasteiger partial charge in [-0.25, -0.2) is 0 Å². The Bertz CT molecular complexity index is 1090. The molecule has 0 saturated heterocycles. The fourth-order valence-corrected chi connectivity index (χ4v) is 6.05. The standard InChI is InChI=1S/C27H33ClN2O2/c1-16(2)23-18-11-9-7-5-4-6-8-10-17-14-19(23)25(30-17)24(18)27-22(31-3)15-21(32-27)26-20(28)12-13-29-26/h12-16,18,23,29H,4-11H2,1-3H3. The quantitative estimate of drug-likeness (QED) is 0.509. The second kappa shape index (κ2) is 8.97. The molecule has 4 aliphatic rings. The molecule has 0 spiro atoms. The van der Waals surface area contributed by atoms with E-state index in [1.54, 1.807) is 7.11 Å². The highest BCUT2D eigenvalue weighted by atomic mass is 35.5. The van der Waals surface area contributed by atoms with Gasteiger partial charge in [0, 0.05) is 23.5 Å². The predicted octanol–water partition coefficient (Wildman–Crippen LogP) is 8.07. The van der Waals surface area contributed by atoms with Crippen LogP contribution in [0.2, 0.25) is 5.02 Å². The van der Waals surface area contributed by atoms with Gasteiger partial charge in [0.15, 0.2) is 17.3 Å². The number of aliphatic imine (C=N–C) groups is 1. The van der Waals surface area contributed by atoms with E-state index in [0.717, 1.165) is 35.7 Å². The molecule has 0 aromatic carbocycles. The van der Waals surface area contributed by atoms with Crippen molar-refractivity contribution >= 4 is 22.9 Å². The summed E-state index contributed by atoms with van der Waals surface area (Å²) >= 11 is 6.39. The Morgan fingerprint density at radius 3 is 2.66 bits per heavy atom. The number of aromatic nitrogens is 1. The van der Waals surface area contributed by atoms with Crippen molar-refractivity contribution in [2.75, 3.05) is 7.11 Å². The van der Waals surface area contributed by atoms with Gasteiger partial charge >= 0.3 is 0 Å². The van der Waals surface area contributed by atoms with Crippen LogP contribution in [0.1, 0.15) is 71.0 Å². The maximum Gasteiger partial charge on any atom is 0.175 e. The molecule has 2 unspecified atom stereocenters. The van der Waals surface area contributed by atoms with E-state index in [1.807, 2.05) is 18.3 Å². The van der Waals surface area contributed by atoms with Gasteiger partial charge in [-0.05, 0) is 54.7 Å². The van der Waals surface area contributed by atoms with Gasteiger partial charge in [0.25, 0.3) is 0 Å². The average molecular weight is 453 g/mol. The van der Waals surface area contributed by atoms with E-state index >= 15 is 0 Å². The molecule has 5 heteroatoms. The smallest absolute Gasteiger partial charge is 0.175 e. The van der Waals surface area contributed by atoms with Gasteiger partial charge in [0.2, 0.25) is 0 Å². The zero-order valence-corrected chi connectivity index (χ0v) is 20.1. The number of furan rings is 1. The number of hydrogen-bond donors (Lipinski definition) is 1. The van der Waals surface area contributed by atoms with Crippen LogP contribution in [0.4, 0.5) is 0 Å². The van der Waals surface area contributed by atoms with Crippen molar-refractivity contribution in [2.45, 2.75) is 65.2 Å². The van der Waals surface area contributed by atoms with Crippen LogP contribution in [0.5, 0.6) is 5.75 Å². The number of nitrogens with one attached hydrogen (secondary N) is 1. The third-order valence-electron chi connectivity index (χ3n) is 7.29. The molecule has 1 N–H and O–H groups in total. The number of hydrogen-bond acceptors (Lipinski definition) is 3. The highest BCUT2D eigenvalue weighted by Gasteiger charge is 2.44. The summed E-state index contributed by atoms with van der Waals surface area (Å²) in [6, 6.07) is 3.80. The van der Waals surface area contributed by atoms with Crippen LogP contribution in [0.3, 0.4) is 0 Å². The number of H-pyrrole nitrogens is 1. The number of allylic oxidation sites excluding steroid dienone is 3. The lowest BCUT2D eigenvalue weighted by Crippen LogP contribution is -2.19. The molecular weight excluding hydrogens is 420 g/mol. The molecule has 2 aliphatic heterocycles. The Morgan fingerprint density at radius 2 is 1.94 bits per heavy atom. The number of rotatable bonds is 4. The first-order valence-corrected chi connectivity index (χ1v) is 12.5. The second-order valence-electron chi connectivity index (χ2n) is 9.71. The first-order chi connectivity index (χ1) is 15.6. The Balaban J connectivity index is 1.65. The summed E-state index contributed by atoms with van der Waals surface area (Å²) in [5.74, 6) is 3.69. The Kier molecular flexibility index (Phi) is 6.07. The minimum atomic E-state index is 0.398. The zero-order valence-electron chi connectivity index (χ0n) is 19.3. The van der Waals surface area contributed by atoms with Crippen LogP contribution in [0.25, 0.3) is 17.0 Å². The number of halogens is 1. The lowest BCUT2D eigenvalue weighted by Gasteiger charge is -2.26. The van der Waals surface area contributed by atoms with E-state index in [0.29, 0.717) is 28.5 Å². The second-order valence-corrected chi connectivity index (χ2v) is 10.1. The van der Waals surface area contributed by atoms with Crippen LogP contribution in [-0.4, -0.2) is 17.8 Å². The van der Waals surface area contributed by atoms with E-state index in [4.69, 9.17) is 25.7 Å². The van der Waals surface area contributed by atoms with Crippen molar-refractivity contribution in [3.05, 3.63) is 46.5 Å². The minimum absolute atomic E-state index is 0.398. The molecule has 2 atom stereocenters. The summed E-state index contributed by atoms with van der Waals surface area (Å²) in [4.78, 5) is 8.38. The normalized spacial score (nSPS) is 23.8. The first-order valence-electron chi connectivity index (χ1n) is 12.1. The van der Waals surface area contributed by atoms with Gasteiger partial charge in [0.05, 0.1) is 17.8 Å². The Morgan fingerprint density at radius 1 is 1.16 bits per heavy atom. The summed E-state index contributed by atoms with van der Waals surface area (Å²) in [5, 5.41) is 0.647. The molecule has 6 rings (SSSR count). The highest BCUT2D eigenvalue weighted by Crippen LogP contribution is 2.56. The van der Waals surface area contributed by atoms with Gasteiger partial charge < -0.3 is 14.1 Å². The summed E-state index contributed by atoms with van der Waals surface area (Å²) < 4.78 is 12.3. The SMILES string of the molecule is COc1cc(-c2[nH]ccc2Cl)oc1C1=C2N=C3C=C2C(C(C)C)C1CCCCCCCC3. The van der Waals surface area contributed by atoms with Gasteiger partial charge in [0.1, 0.15) is 5.69 Å². The van der Waals surface area contributed by atoms with Gasteiger partial charge in [-0.2, -0.15) is 0 Å². The van der Waals surface area contributed by atoms with Crippen molar-refractivity contribution < 1.29 is 9.15 Å². The van der Waals surface area contributed by atoms with Crippen LogP contribution < -0.4 is 4.74 Å². The molecule has 2 aromatic rings. The topological polar surface area (TPSA) is 50.5 Å². The van der Waals surface area contributed by atoms with Gasteiger partial charge in [-0.15, -0.1) is 0 Å². The molecule has 32 heavy (non-hydrogen) atoms. The predicted molar refractivity (Wildman–Crippen MR) is 131 cm³/mol. The van der Waals surface area contributed by atoms with Gasteiger partial charge in [-0.3, -0.25) is 4.99 Å². The van der Waals surface area contributed by atoms with Crippen molar-refractivity contribution in [2.24, 2.45) is 22.7 Å². The molecule has 2 aliphatic carbocycles. The third kappa shape index (κ3) is 3.77. The summed E-state index contributed by atoms with van der Waals surface area (Å²) in [6.45, 7) is 4.69. The number of fused-ring (bicyclic) bond motifs is 7. The number of nitrogens with zero attached hydrogens (tertiary/aromatic N) is 1. The molecule has 4 bridgehead atoms. The van der Waals surface area contributed by atoms with E-state index in [1.165, 1.54) is 55.4 Å². The van der Waals surface area contributed by atoms with Crippen LogP contribution in [0.15, 0.2) is 45.1 Å². The molecule has 0 radical (unpaired) electrons. The molecular formula is C27H33ClN2O2. The Hall–Kier alpha value is -2.20. The van der Waals surface area contributed by atoms with Gasteiger partial charge in [-0.1, -0.05) is 57.6 Å². The van der Waals surface area contributed by atoms with Crippen molar-refractivity contribution in [1.29, 1.82) is 0 Å². The minimum Gasteiger partial charge on any atom is -0.493 e. The average Bonchev–Trinajstić information content (AvgIpc) is 3.51. The molecule has 2 aromatic heterocycles. The number of aromatic amines is 1. The monoisotopic (exact) mass is 452 g/mol. The maximum atomic E-state index is 6.50. The summed E-state index contributed by atoms with van der Waals surface area (Å²) in [7, 11) is 1.71. The first kappa shape index (κ1) is 21.6. The van der Waals surface area contributed by atoms with Crippen molar-refractivity contribution in [3.8, 4) is 17.2 Å². The van der Waals surface area contributed by atoms with E-state index in [9.17, 15) is 0 Å². The molecule has 170 valence electrons. The summed E-state index contributed by atoms with van der Waals surface area (Å²) in [5.41, 5.74) is 5.80. The molecule has 4 nitrogen and oxygen atoms in total. The third-order valence-corrected chi connectivity index (χ3v) is 7.61. The molecule has 0 saturated carbocycles. The maximum absolute atomic E-state index is 6.50. The highest BCUT2D eigenvalue weighted by molar-refractivity contribution is 6.33. The number of methoxy groups -OCH3 is 1. The van der Waals surface area contributed by atoms with Crippen molar-refractivity contribution in [3.63, 3.8) is 0 Å². The molecule has 0 fully saturated rings. The van der Waals surface area contributed by atoms with Crippen LogP contribution in [-0.2, 0) is 0 Å². The fourth-order valence-electron chi connectivity index (χ4n) is 5.84. The largest absolute Gasteiger partial charge is 0.493 e. The molecule has 4 heterocycles. The van der Waals surface area contributed by atoms with Crippen LogP contribution >= 0.6 is 11.6 Å².